The van der Waals surface area contributed by atoms with Gasteiger partial charge in [-0.3, -0.25) is 4.79 Å². The van der Waals surface area contributed by atoms with Crippen LogP contribution >= 0.6 is 11.6 Å². The molecule has 0 unspecified atom stereocenters. The lowest BCUT2D eigenvalue weighted by Crippen LogP contribution is -2.13. The zero-order valence-corrected chi connectivity index (χ0v) is 13.3. The quantitative estimate of drug-likeness (QED) is 0.748. The predicted molar refractivity (Wildman–Crippen MR) is 87.4 cm³/mol. The summed E-state index contributed by atoms with van der Waals surface area (Å²) in [4.78, 5) is 15.9. The molecule has 2 heterocycles. The predicted octanol–water partition coefficient (Wildman–Crippen LogP) is 3.77. The second-order valence-corrected chi connectivity index (χ2v) is 5.28. The number of ether oxygens (including phenoxy) is 1. The fourth-order valence-corrected chi connectivity index (χ4v) is 2.20. The number of hydrogen-bond acceptors (Lipinski definition) is 4. The van der Waals surface area contributed by atoms with Crippen molar-refractivity contribution in [2.24, 2.45) is 0 Å². The summed E-state index contributed by atoms with van der Waals surface area (Å²) in [6.07, 6.45) is 2.84. The van der Waals surface area contributed by atoms with Crippen molar-refractivity contribution >= 4 is 23.2 Å². The van der Waals surface area contributed by atoms with Crippen LogP contribution in [-0.2, 0) is 0 Å². The molecule has 1 N–H and O–H groups in total. The van der Waals surface area contributed by atoms with Gasteiger partial charge in [0.1, 0.15) is 0 Å². The first-order valence-corrected chi connectivity index (χ1v) is 7.43. The van der Waals surface area contributed by atoms with Crippen molar-refractivity contribution in [1.29, 1.82) is 0 Å². The van der Waals surface area contributed by atoms with E-state index in [2.05, 4.69) is 20.1 Å². The van der Waals surface area contributed by atoms with Crippen LogP contribution in [0.2, 0.25) is 5.02 Å². The molecule has 0 saturated carbocycles. The maximum Gasteiger partial charge on any atom is 0.388 e. The number of amides is 1. The van der Waals surface area contributed by atoms with Gasteiger partial charge in [0, 0.05) is 17.3 Å². The Morgan fingerprint density at radius 2 is 2.08 bits per heavy atom. The van der Waals surface area contributed by atoms with Crippen LogP contribution in [-0.4, -0.2) is 27.3 Å². The van der Waals surface area contributed by atoms with Gasteiger partial charge in [0.15, 0.2) is 5.69 Å². The third-order valence-electron chi connectivity index (χ3n) is 3.10. The van der Waals surface area contributed by atoms with E-state index in [0.717, 1.165) is 0 Å². The van der Waals surface area contributed by atoms with E-state index in [1.807, 2.05) is 0 Å². The highest BCUT2D eigenvalue weighted by atomic mass is 35.5. The third kappa shape index (κ3) is 4.30. The van der Waals surface area contributed by atoms with Crippen LogP contribution in [0.5, 0.6) is 5.88 Å². The molecule has 0 bridgehead atoms. The highest BCUT2D eigenvalue weighted by Gasteiger charge is 2.12. The Hall–Kier alpha value is -3.00. The Morgan fingerprint density at radius 3 is 2.76 bits per heavy atom. The SMILES string of the molecule is O=C(Nc1ccc(OC(F)F)nc1)c1ccn(-c2cccc(Cl)c2)n1. The van der Waals surface area contributed by atoms with Gasteiger partial charge in [0.2, 0.25) is 5.88 Å². The number of rotatable bonds is 5. The molecule has 0 spiro atoms. The first kappa shape index (κ1) is 16.8. The van der Waals surface area contributed by atoms with E-state index < -0.39 is 12.5 Å². The van der Waals surface area contributed by atoms with Crippen LogP contribution in [0.15, 0.2) is 54.9 Å². The van der Waals surface area contributed by atoms with Crippen LogP contribution < -0.4 is 10.1 Å². The minimum absolute atomic E-state index is 0.174. The molecule has 6 nitrogen and oxygen atoms in total. The van der Waals surface area contributed by atoms with E-state index in [1.54, 1.807) is 30.5 Å². The Morgan fingerprint density at radius 1 is 1.24 bits per heavy atom. The normalized spacial score (nSPS) is 10.7. The molecule has 0 aliphatic carbocycles. The molecule has 0 saturated heterocycles. The summed E-state index contributed by atoms with van der Waals surface area (Å²) >= 11 is 5.93. The second kappa shape index (κ2) is 7.27. The van der Waals surface area contributed by atoms with E-state index in [0.29, 0.717) is 16.4 Å². The lowest BCUT2D eigenvalue weighted by Gasteiger charge is -2.05. The number of nitrogens with one attached hydrogen (secondary N) is 1. The monoisotopic (exact) mass is 364 g/mol. The molecule has 0 atom stereocenters. The number of alkyl halides is 2. The summed E-state index contributed by atoms with van der Waals surface area (Å²) in [6, 6.07) is 11.2. The van der Waals surface area contributed by atoms with Gasteiger partial charge in [0.25, 0.3) is 5.91 Å². The summed E-state index contributed by atoms with van der Waals surface area (Å²) in [5, 5.41) is 7.30. The molecule has 3 aromatic rings. The summed E-state index contributed by atoms with van der Waals surface area (Å²) in [5.74, 6) is -0.705. The molecule has 0 aliphatic rings. The maximum absolute atomic E-state index is 12.2. The lowest BCUT2D eigenvalue weighted by molar-refractivity contribution is -0.0528. The molecule has 3 rings (SSSR count). The second-order valence-electron chi connectivity index (χ2n) is 4.84. The fourth-order valence-electron chi connectivity index (χ4n) is 2.02. The van der Waals surface area contributed by atoms with Crippen molar-refractivity contribution in [3.05, 3.63) is 65.6 Å². The van der Waals surface area contributed by atoms with Crippen molar-refractivity contribution in [2.75, 3.05) is 5.32 Å². The number of nitrogens with zero attached hydrogens (tertiary/aromatic N) is 3. The lowest BCUT2D eigenvalue weighted by atomic mass is 10.3. The largest absolute Gasteiger partial charge is 0.417 e. The van der Waals surface area contributed by atoms with E-state index in [-0.39, 0.29) is 11.6 Å². The Bertz CT molecular complexity index is 884. The number of halogens is 3. The highest BCUT2D eigenvalue weighted by Crippen LogP contribution is 2.16. The average molecular weight is 365 g/mol. The van der Waals surface area contributed by atoms with E-state index in [9.17, 15) is 13.6 Å². The highest BCUT2D eigenvalue weighted by molar-refractivity contribution is 6.30. The minimum Gasteiger partial charge on any atom is -0.417 e. The molecular formula is C16H11ClF2N4O2. The van der Waals surface area contributed by atoms with Gasteiger partial charge in [-0.25, -0.2) is 9.67 Å². The molecule has 2 aromatic heterocycles. The Balaban J connectivity index is 1.69. The van der Waals surface area contributed by atoms with Gasteiger partial charge in [0.05, 0.1) is 17.6 Å². The van der Waals surface area contributed by atoms with Crippen LogP contribution in [0.25, 0.3) is 5.69 Å². The van der Waals surface area contributed by atoms with Gasteiger partial charge in [-0.15, -0.1) is 0 Å². The number of pyridine rings is 1. The van der Waals surface area contributed by atoms with Crippen LogP contribution in [0, 0.1) is 0 Å². The van der Waals surface area contributed by atoms with E-state index in [4.69, 9.17) is 11.6 Å². The van der Waals surface area contributed by atoms with Crippen LogP contribution in [0.3, 0.4) is 0 Å². The fraction of sp³-hybridized carbons (Fsp3) is 0.0625. The molecule has 1 aromatic carbocycles. The molecule has 0 aliphatic heterocycles. The van der Waals surface area contributed by atoms with Crippen molar-refractivity contribution in [3.63, 3.8) is 0 Å². The van der Waals surface area contributed by atoms with Crippen molar-refractivity contribution in [1.82, 2.24) is 14.8 Å². The van der Waals surface area contributed by atoms with E-state index in [1.165, 1.54) is 29.1 Å². The molecule has 1 amide bonds. The number of aromatic nitrogens is 3. The standard InChI is InChI=1S/C16H11ClF2N4O2/c17-10-2-1-3-12(8-10)23-7-6-13(22-23)15(24)21-11-4-5-14(20-9-11)25-16(18)19/h1-9,16H,(H,21,24). The zero-order chi connectivity index (χ0) is 17.8. The van der Waals surface area contributed by atoms with Crippen molar-refractivity contribution < 1.29 is 18.3 Å². The smallest absolute Gasteiger partial charge is 0.388 e. The summed E-state index contributed by atoms with van der Waals surface area (Å²) in [7, 11) is 0. The van der Waals surface area contributed by atoms with Crippen molar-refractivity contribution in [2.45, 2.75) is 6.61 Å². The summed E-state index contributed by atoms with van der Waals surface area (Å²) < 4.78 is 29.8. The number of carbonyl (C=O) groups excluding carboxylic acids is 1. The Labute approximate surface area is 146 Å². The number of carbonyl (C=O) groups is 1. The molecule has 25 heavy (non-hydrogen) atoms. The molecular weight excluding hydrogens is 354 g/mol. The molecule has 0 fully saturated rings. The minimum atomic E-state index is -2.96. The van der Waals surface area contributed by atoms with E-state index >= 15 is 0 Å². The Kier molecular flexibility index (Phi) is 4.90. The third-order valence-corrected chi connectivity index (χ3v) is 3.33. The number of anilines is 1. The molecule has 0 radical (unpaired) electrons. The van der Waals surface area contributed by atoms with Gasteiger partial charge < -0.3 is 10.1 Å². The van der Waals surface area contributed by atoms with Gasteiger partial charge in [-0.2, -0.15) is 13.9 Å². The van der Waals surface area contributed by atoms with Crippen LogP contribution in [0.1, 0.15) is 10.5 Å². The number of hydrogen-bond donors (Lipinski definition) is 1. The summed E-state index contributed by atoms with van der Waals surface area (Å²) in [6.45, 7) is -2.96. The van der Waals surface area contributed by atoms with Gasteiger partial charge in [-0.05, 0) is 30.3 Å². The van der Waals surface area contributed by atoms with Crippen molar-refractivity contribution in [3.8, 4) is 11.6 Å². The molecule has 9 heteroatoms. The summed E-state index contributed by atoms with van der Waals surface area (Å²) in [5.41, 5.74) is 1.21. The number of benzene rings is 1. The topological polar surface area (TPSA) is 69.0 Å². The van der Waals surface area contributed by atoms with Crippen LogP contribution in [0.4, 0.5) is 14.5 Å². The molecule has 128 valence electrons. The van der Waals surface area contributed by atoms with Gasteiger partial charge in [-0.1, -0.05) is 17.7 Å². The average Bonchev–Trinajstić information content (AvgIpc) is 3.06. The van der Waals surface area contributed by atoms with Gasteiger partial charge >= 0.3 is 6.61 Å². The maximum atomic E-state index is 12.2. The first-order valence-electron chi connectivity index (χ1n) is 7.05. The zero-order valence-electron chi connectivity index (χ0n) is 12.6. The first-order chi connectivity index (χ1) is 12.0.